The Bertz CT molecular complexity index is 1000. The van der Waals surface area contributed by atoms with Crippen LogP contribution in [0.1, 0.15) is 15.9 Å². The number of hydrogen-bond donors (Lipinski definition) is 0. The third-order valence-corrected chi connectivity index (χ3v) is 7.43. The molecule has 0 aromatic heterocycles. The highest BCUT2D eigenvalue weighted by Gasteiger charge is 2.39. The number of benzene rings is 2. The van der Waals surface area contributed by atoms with Crippen LogP contribution in [0.3, 0.4) is 0 Å². The zero-order valence-corrected chi connectivity index (χ0v) is 17.1. The molecule has 1 aliphatic rings. The summed E-state index contributed by atoms with van der Waals surface area (Å²) in [5.74, 6) is -0.220. The van der Waals surface area contributed by atoms with Gasteiger partial charge in [0.05, 0.1) is 16.0 Å². The van der Waals surface area contributed by atoms with Crippen molar-refractivity contribution in [1.29, 1.82) is 0 Å². The molecule has 0 radical (unpaired) electrons. The summed E-state index contributed by atoms with van der Waals surface area (Å²) >= 11 is 1.43. The lowest BCUT2D eigenvalue weighted by Crippen LogP contribution is -2.50. The lowest BCUT2D eigenvalue weighted by Gasteiger charge is -2.34. The van der Waals surface area contributed by atoms with Gasteiger partial charge in [-0.15, -0.1) is 11.8 Å². The van der Waals surface area contributed by atoms with E-state index in [4.69, 9.17) is 0 Å². The first-order valence-corrected chi connectivity index (χ1v) is 11.4. The number of halogens is 3. The van der Waals surface area contributed by atoms with Gasteiger partial charge < -0.3 is 4.90 Å². The number of amides is 1. The van der Waals surface area contributed by atoms with E-state index in [2.05, 4.69) is 0 Å². The Morgan fingerprint density at radius 3 is 2.17 bits per heavy atom. The SMILES string of the molecule is CSc1ccccc1C(=O)N1CCN(S(=O)(=O)c2ccccc2C(F)(F)F)CC1. The zero-order chi connectivity index (χ0) is 21.2. The van der Waals surface area contributed by atoms with E-state index >= 15 is 0 Å². The third-order valence-electron chi connectivity index (χ3n) is 4.67. The van der Waals surface area contributed by atoms with Crippen molar-refractivity contribution in [3.63, 3.8) is 0 Å². The van der Waals surface area contributed by atoms with Gasteiger partial charge in [-0.25, -0.2) is 8.42 Å². The Labute approximate surface area is 171 Å². The first-order valence-electron chi connectivity index (χ1n) is 8.75. The second-order valence-corrected chi connectivity index (χ2v) is 9.14. The molecule has 156 valence electrons. The summed E-state index contributed by atoms with van der Waals surface area (Å²) in [6, 6.07) is 11.2. The van der Waals surface area contributed by atoms with E-state index in [1.54, 1.807) is 12.1 Å². The van der Waals surface area contributed by atoms with Crippen LogP contribution in [0, 0.1) is 0 Å². The summed E-state index contributed by atoms with van der Waals surface area (Å²) < 4.78 is 66.3. The fourth-order valence-corrected chi connectivity index (χ4v) is 5.41. The third kappa shape index (κ3) is 4.44. The van der Waals surface area contributed by atoms with Crippen LogP contribution in [0.5, 0.6) is 0 Å². The molecule has 1 fully saturated rings. The predicted molar refractivity (Wildman–Crippen MR) is 104 cm³/mol. The number of alkyl halides is 3. The zero-order valence-electron chi connectivity index (χ0n) is 15.5. The molecule has 5 nitrogen and oxygen atoms in total. The minimum atomic E-state index is -4.77. The Morgan fingerprint density at radius 2 is 1.55 bits per heavy atom. The van der Waals surface area contributed by atoms with Gasteiger partial charge in [0.2, 0.25) is 10.0 Å². The van der Waals surface area contributed by atoms with Crippen LogP contribution in [0.15, 0.2) is 58.3 Å². The molecular weight excluding hydrogens is 425 g/mol. The first-order chi connectivity index (χ1) is 13.7. The van der Waals surface area contributed by atoms with Crippen molar-refractivity contribution in [3.05, 3.63) is 59.7 Å². The summed E-state index contributed by atoms with van der Waals surface area (Å²) in [4.78, 5) is 14.4. The summed E-state index contributed by atoms with van der Waals surface area (Å²) in [6.45, 7) is 0.0767. The average Bonchev–Trinajstić information content (AvgIpc) is 2.72. The average molecular weight is 445 g/mol. The van der Waals surface area contributed by atoms with Gasteiger partial charge in [-0.3, -0.25) is 4.79 Å². The molecule has 10 heteroatoms. The van der Waals surface area contributed by atoms with Gasteiger partial charge in [0.1, 0.15) is 0 Å². The van der Waals surface area contributed by atoms with E-state index in [0.717, 1.165) is 27.4 Å². The van der Waals surface area contributed by atoms with Crippen molar-refractivity contribution < 1.29 is 26.4 Å². The van der Waals surface area contributed by atoms with E-state index in [1.165, 1.54) is 22.7 Å². The van der Waals surface area contributed by atoms with E-state index in [1.807, 2.05) is 18.4 Å². The Balaban J connectivity index is 1.78. The van der Waals surface area contributed by atoms with Crippen molar-refractivity contribution in [2.24, 2.45) is 0 Å². The fourth-order valence-electron chi connectivity index (χ4n) is 3.19. The van der Waals surface area contributed by atoms with Crippen LogP contribution in [-0.2, 0) is 16.2 Å². The molecule has 2 aromatic carbocycles. The highest BCUT2D eigenvalue weighted by atomic mass is 32.2. The minimum Gasteiger partial charge on any atom is -0.336 e. The second kappa shape index (κ2) is 8.37. The summed E-state index contributed by atoms with van der Waals surface area (Å²) in [7, 11) is -4.33. The van der Waals surface area contributed by atoms with Gasteiger partial charge >= 0.3 is 6.18 Å². The standard InChI is InChI=1S/C19H19F3N2O3S2/c1-28-16-8-4-2-6-14(16)18(25)23-10-12-24(13-11-23)29(26,27)17-9-5-3-7-15(17)19(20,21)22/h2-9H,10-13H2,1H3. The number of thioether (sulfide) groups is 1. The Hall–Kier alpha value is -2.04. The normalized spacial score (nSPS) is 16.1. The van der Waals surface area contributed by atoms with E-state index in [-0.39, 0.29) is 32.1 Å². The number of carbonyl (C=O) groups is 1. The molecule has 0 bridgehead atoms. The van der Waals surface area contributed by atoms with Crippen LogP contribution < -0.4 is 0 Å². The van der Waals surface area contributed by atoms with Gasteiger partial charge in [0.25, 0.3) is 5.91 Å². The number of piperazine rings is 1. The topological polar surface area (TPSA) is 57.7 Å². The molecule has 3 rings (SSSR count). The first kappa shape index (κ1) is 21.7. The highest BCUT2D eigenvalue weighted by Crippen LogP contribution is 2.35. The van der Waals surface area contributed by atoms with E-state index in [0.29, 0.717) is 5.56 Å². The quantitative estimate of drug-likeness (QED) is 0.677. The molecule has 0 spiro atoms. The summed E-state index contributed by atoms with van der Waals surface area (Å²) in [5, 5.41) is 0. The molecule has 1 saturated heterocycles. The van der Waals surface area contributed by atoms with Gasteiger partial charge in [-0.05, 0) is 30.5 Å². The van der Waals surface area contributed by atoms with Crippen LogP contribution in [-0.4, -0.2) is 56.0 Å². The molecule has 1 aliphatic heterocycles. The summed E-state index contributed by atoms with van der Waals surface area (Å²) in [5.41, 5.74) is -0.661. The van der Waals surface area contributed by atoms with Gasteiger partial charge in [-0.2, -0.15) is 17.5 Å². The van der Waals surface area contributed by atoms with Crippen molar-refractivity contribution in [1.82, 2.24) is 9.21 Å². The van der Waals surface area contributed by atoms with Crippen LogP contribution in [0.25, 0.3) is 0 Å². The molecule has 0 aliphatic carbocycles. The second-order valence-electron chi connectivity index (χ2n) is 6.39. The van der Waals surface area contributed by atoms with Crippen LogP contribution in [0.2, 0.25) is 0 Å². The van der Waals surface area contributed by atoms with Crippen molar-refractivity contribution >= 4 is 27.7 Å². The maximum absolute atomic E-state index is 13.2. The molecule has 0 atom stereocenters. The maximum Gasteiger partial charge on any atom is 0.417 e. The number of rotatable bonds is 4. The molecule has 1 heterocycles. The number of hydrogen-bond acceptors (Lipinski definition) is 4. The molecule has 29 heavy (non-hydrogen) atoms. The van der Waals surface area contributed by atoms with E-state index < -0.39 is 26.7 Å². The highest BCUT2D eigenvalue weighted by molar-refractivity contribution is 7.98. The van der Waals surface area contributed by atoms with Crippen molar-refractivity contribution in [2.75, 3.05) is 32.4 Å². The van der Waals surface area contributed by atoms with Crippen molar-refractivity contribution in [2.45, 2.75) is 16.0 Å². The molecule has 0 unspecified atom stereocenters. The molecule has 0 saturated carbocycles. The number of nitrogens with zero attached hydrogens (tertiary/aromatic N) is 2. The Morgan fingerprint density at radius 1 is 0.966 bits per heavy atom. The van der Waals surface area contributed by atoms with E-state index in [9.17, 15) is 26.4 Å². The Kier molecular flexibility index (Phi) is 6.25. The van der Waals surface area contributed by atoms with Crippen molar-refractivity contribution in [3.8, 4) is 0 Å². The van der Waals surface area contributed by atoms with Gasteiger partial charge in [0.15, 0.2) is 0 Å². The van der Waals surface area contributed by atoms with Gasteiger partial charge in [0, 0.05) is 31.1 Å². The number of carbonyl (C=O) groups excluding carboxylic acids is 1. The summed E-state index contributed by atoms with van der Waals surface area (Å²) in [6.07, 6.45) is -2.92. The largest absolute Gasteiger partial charge is 0.417 e. The maximum atomic E-state index is 13.2. The molecule has 0 N–H and O–H groups in total. The van der Waals surface area contributed by atoms with Crippen LogP contribution in [0.4, 0.5) is 13.2 Å². The predicted octanol–water partition coefficient (Wildman–Crippen LogP) is 3.57. The molecule has 2 aromatic rings. The number of sulfonamides is 1. The monoisotopic (exact) mass is 444 g/mol. The fraction of sp³-hybridized carbons (Fsp3) is 0.316. The molecule has 1 amide bonds. The minimum absolute atomic E-state index is 0.0678. The lowest BCUT2D eigenvalue weighted by atomic mass is 10.2. The lowest BCUT2D eigenvalue weighted by molar-refractivity contribution is -0.139. The van der Waals surface area contributed by atoms with Crippen LogP contribution >= 0.6 is 11.8 Å². The van der Waals surface area contributed by atoms with Gasteiger partial charge in [-0.1, -0.05) is 24.3 Å². The molecular formula is C19H19F3N2O3S2. The smallest absolute Gasteiger partial charge is 0.336 e.